The third kappa shape index (κ3) is 3.65. The molecule has 0 heterocycles. The lowest BCUT2D eigenvalue weighted by Gasteiger charge is -2.10. The number of methoxy groups -OCH3 is 1. The standard InChI is InChI=1S/C14H12F2N2O3/c1-21-14-3-2-13(18(19)20)4-9(14)8-17-12-6-10(15)5-11(16)7-12/h2-7,17H,8H2,1H3. The second-order valence-corrected chi connectivity index (χ2v) is 4.26. The van der Waals surface area contributed by atoms with Crippen LogP contribution in [0.3, 0.4) is 0 Å². The number of ether oxygens (including phenoxy) is 1. The molecule has 2 aromatic carbocycles. The van der Waals surface area contributed by atoms with Crippen molar-refractivity contribution in [1.29, 1.82) is 0 Å². The van der Waals surface area contributed by atoms with E-state index >= 15 is 0 Å². The average molecular weight is 294 g/mol. The van der Waals surface area contributed by atoms with Crippen LogP contribution in [0.4, 0.5) is 20.2 Å². The summed E-state index contributed by atoms with van der Waals surface area (Å²) in [5.41, 5.74) is 0.662. The van der Waals surface area contributed by atoms with Crippen LogP contribution in [0.5, 0.6) is 5.75 Å². The van der Waals surface area contributed by atoms with E-state index in [1.54, 1.807) is 0 Å². The number of hydrogen-bond acceptors (Lipinski definition) is 4. The van der Waals surface area contributed by atoms with Crippen LogP contribution in [-0.4, -0.2) is 12.0 Å². The monoisotopic (exact) mass is 294 g/mol. The summed E-state index contributed by atoms with van der Waals surface area (Å²) in [4.78, 5) is 10.2. The topological polar surface area (TPSA) is 64.4 Å². The first kappa shape index (κ1) is 14.7. The SMILES string of the molecule is COc1ccc([N+](=O)[O-])cc1CNc1cc(F)cc(F)c1. The Morgan fingerprint density at radius 1 is 1.19 bits per heavy atom. The minimum atomic E-state index is -0.705. The number of rotatable bonds is 5. The van der Waals surface area contributed by atoms with Gasteiger partial charge in [0.25, 0.3) is 5.69 Å². The number of hydrogen-bond donors (Lipinski definition) is 1. The van der Waals surface area contributed by atoms with E-state index in [2.05, 4.69) is 5.32 Å². The quantitative estimate of drug-likeness (QED) is 0.677. The van der Waals surface area contributed by atoms with Crippen molar-refractivity contribution in [2.75, 3.05) is 12.4 Å². The normalized spacial score (nSPS) is 10.2. The highest BCUT2D eigenvalue weighted by Gasteiger charge is 2.11. The Balaban J connectivity index is 2.21. The van der Waals surface area contributed by atoms with Crippen molar-refractivity contribution in [2.45, 2.75) is 6.54 Å². The predicted octanol–water partition coefficient (Wildman–Crippen LogP) is 3.49. The third-order valence-electron chi connectivity index (χ3n) is 2.82. The van der Waals surface area contributed by atoms with Crippen molar-refractivity contribution in [3.05, 3.63) is 63.7 Å². The molecule has 0 aliphatic rings. The summed E-state index contributed by atoms with van der Waals surface area (Å²) in [6.45, 7) is 0.133. The van der Waals surface area contributed by atoms with Crippen LogP contribution < -0.4 is 10.1 Å². The largest absolute Gasteiger partial charge is 0.496 e. The van der Waals surface area contributed by atoms with Crippen LogP contribution in [0.25, 0.3) is 0 Å². The third-order valence-corrected chi connectivity index (χ3v) is 2.82. The van der Waals surface area contributed by atoms with Gasteiger partial charge in [-0.3, -0.25) is 10.1 Å². The molecule has 0 amide bonds. The van der Waals surface area contributed by atoms with Crippen molar-refractivity contribution in [2.24, 2.45) is 0 Å². The maximum Gasteiger partial charge on any atom is 0.270 e. The zero-order chi connectivity index (χ0) is 15.4. The van der Waals surface area contributed by atoms with Gasteiger partial charge in [0.15, 0.2) is 0 Å². The fourth-order valence-corrected chi connectivity index (χ4v) is 1.87. The molecule has 21 heavy (non-hydrogen) atoms. The maximum absolute atomic E-state index is 13.1. The number of anilines is 1. The smallest absolute Gasteiger partial charge is 0.270 e. The molecule has 0 aliphatic heterocycles. The lowest BCUT2D eigenvalue weighted by Crippen LogP contribution is -2.03. The van der Waals surface area contributed by atoms with Crippen LogP contribution in [0.15, 0.2) is 36.4 Å². The highest BCUT2D eigenvalue weighted by atomic mass is 19.1. The van der Waals surface area contributed by atoms with Gasteiger partial charge in [0.1, 0.15) is 17.4 Å². The Labute approximate surface area is 119 Å². The summed E-state index contributed by atoms with van der Waals surface area (Å²) in [6.07, 6.45) is 0. The van der Waals surface area contributed by atoms with Gasteiger partial charge in [-0.15, -0.1) is 0 Å². The molecule has 0 saturated carbocycles. The Hall–Kier alpha value is -2.70. The molecule has 5 nitrogen and oxygen atoms in total. The number of nitrogens with zero attached hydrogens (tertiary/aromatic N) is 1. The van der Waals surface area contributed by atoms with Crippen LogP contribution >= 0.6 is 0 Å². The fourth-order valence-electron chi connectivity index (χ4n) is 1.87. The first-order valence-corrected chi connectivity index (χ1v) is 6.01. The van der Waals surface area contributed by atoms with E-state index in [0.29, 0.717) is 11.3 Å². The number of benzene rings is 2. The molecule has 0 radical (unpaired) electrons. The Kier molecular flexibility index (Phi) is 4.32. The van der Waals surface area contributed by atoms with E-state index in [9.17, 15) is 18.9 Å². The molecule has 0 spiro atoms. The fraction of sp³-hybridized carbons (Fsp3) is 0.143. The second kappa shape index (κ2) is 6.17. The van der Waals surface area contributed by atoms with Crippen molar-refractivity contribution in [3.8, 4) is 5.75 Å². The molecule has 0 fully saturated rings. The lowest BCUT2D eigenvalue weighted by molar-refractivity contribution is -0.384. The van der Waals surface area contributed by atoms with Gasteiger partial charge in [0, 0.05) is 36.0 Å². The van der Waals surface area contributed by atoms with Gasteiger partial charge in [-0.2, -0.15) is 0 Å². The summed E-state index contributed by atoms with van der Waals surface area (Å²) < 4.78 is 31.3. The Morgan fingerprint density at radius 2 is 1.86 bits per heavy atom. The van der Waals surface area contributed by atoms with Gasteiger partial charge in [-0.05, 0) is 18.2 Å². The van der Waals surface area contributed by atoms with Crippen LogP contribution in [0, 0.1) is 21.7 Å². The zero-order valence-corrected chi connectivity index (χ0v) is 11.1. The summed E-state index contributed by atoms with van der Waals surface area (Å²) in [5, 5.41) is 13.6. The molecule has 0 aromatic heterocycles. The first-order chi connectivity index (χ1) is 9.99. The molecular formula is C14H12F2N2O3. The molecule has 2 rings (SSSR count). The summed E-state index contributed by atoms with van der Waals surface area (Å²) in [5.74, 6) is -0.961. The average Bonchev–Trinajstić information content (AvgIpc) is 2.43. The van der Waals surface area contributed by atoms with Gasteiger partial charge >= 0.3 is 0 Å². The van der Waals surface area contributed by atoms with Crippen molar-refractivity contribution >= 4 is 11.4 Å². The zero-order valence-electron chi connectivity index (χ0n) is 11.1. The summed E-state index contributed by atoms with van der Waals surface area (Å²) in [7, 11) is 1.44. The predicted molar refractivity (Wildman–Crippen MR) is 73.3 cm³/mol. The van der Waals surface area contributed by atoms with Gasteiger partial charge < -0.3 is 10.1 Å². The van der Waals surface area contributed by atoms with Crippen LogP contribution in [0.1, 0.15) is 5.56 Å². The second-order valence-electron chi connectivity index (χ2n) is 4.26. The molecule has 0 atom stereocenters. The lowest BCUT2D eigenvalue weighted by atomic mass is 10.1. The van der Waals surface area contributed by atoms with E-state index < -0.39 is 16.6 Å². The van der Waals surface area contributed by atoms with Crippen molar-refractivity contribution in [1.82, 2.24) is 0 Å². The molecular weight excluding hydrogens is 282 g/mol. The molecule has 2 aromatic rings. The molecule has 7 heteroatoms. The highest BCUT2D eigenvalue weighted by molar-refractivity contribution is 5.48. The molecule has 110 valence electrons. The molecule has 0 saturated heterocycles. The van der Waals surface area contributed by atoms with Gasteiger partial charge in [0.05, 0.1) is 12.0 Å². The van der Waals surface area contributed by atoms with E-state index in [4.69, 9.17) is 4.74 Å². The number of non-ortho nitro benzene ring substituents is 1. The number of nitrogens with one attached hydrogen (secondary N) is 1. The van der Waals surface area contributed by atoms with Gasteiger partial charge in [-0.25, -0.2) is 8.78 Å². The van der Waals surface area contributed by atoms with Gasteiger partial charge in [-0.1, -0.05) is 0 Å². The maximum atomic E-state index is 13.1. The number of nitro groups is 1. The first-order valence-electron chi connectivity index (χ1n) is 6.01. The van der Waals surface area contributed by atoms with Crippen molar-refractivity contribution < 1.29 is 18.4 Å². The minimum Gasteiger partial charge on any atom is -0.496 e. The molecule has 0 unspecified atom stereocenters. The highest BCUT2D eigenvalue weighted by Crippen LogP contribution is 2.25. The Bertz CT molecular complexity index is 657. The van der Waals surface area contributed by atoms with E-state index in [1.165, 1.54) is 25.3 Å². The summed E-state index contributed by atoms with van der Waals surface area (Å²) in [6, 6.07) is 7.17. The van der Waals surface area contributed by atoms with Crippen LogP contribution in [0.2, 0.25) is 0 Å². The Morgan fingerprint density at radius 3 is 2.43 bits per heavy atom. The number of halogens is 2. The molecule has 0 bridgehead atoms. The minimum absolute atomic E-state index is 0.0852. The van der Waals surface area contributed by atoms with Crippen molar-refractivity contribution in [3.63, 3.8) is 0 Å². The van der Waals surface area contributed by atoms with Crippen LogP contribution in [-0.2, 0) is 6.54 Å². The molecule has 0 aliphatic carbocycles. The van der Waals surface area contributed by atoms with E-state index in [1.807, 2.05) is 0 Å². The van der Waals surface area contributed by atoms with E-state index in [-0.39, 0.29) is 17.9 Å². The number of nitro benzene ring substituents is 1. The summed E-state index contributed by atoms with van der Waals surface area (Å²) >= 11 is 0. The van der Waals surface area contributed by atoms with Gasteiger partial charge in [0.2, 0.25) is 0 Å². The molecule has 1 N–H and O–H groups in total. The van der Waals surface area contributed by atoms with E-state index in [0.717, 1.165) is 18.2 Å².